The van der Waals surface area contributed by atoms with Gasteiger partial charge in [-0.3, -0.25) is 4.79 Å². The van der Waals surface area contributed by atoms with Gasteiger partial charge >= 0.3 is 0 Å². The Hall–Kier alpha value is -3.59. The molecular formula is C26H26O3. The van der Waals surface area contributed by atoms with Gasteiger partial charge in [-0.2, -0.15) is 0 Å². The first-order chi connectivity index (χ1) is 14.1. The SMILES string of the molecule is C=C/C=C(\C=C)Oc1ccc(C(=O)/C(C)=C/C=C(\CC)Oc2ccccc2)cc1. The van der Waals surface area contributed by atoms with Crippen LogP contribution in [0.5, 0.6) is 11.5 Å². The minimum absolute atomic E-state index is 0.0476. The summed E-state index contributed by atoms with van der Waals surface area (Å²) >= 11 is 0. The molecule has 29 heavy (non-hydrogen) atoms. The molecule has 0 aliphatic rings. The molecule has 148 valence electrons. The molecule has 0 aliphatic carbocycles. The fourth-order valence-corrected chi connectivity index (χ4v) is 2.46. The molecule has 0 amide bonds. The van der Waals surface area contributed by atoms with Gasteiger partial charge in [-0.1, -0.05) is 50.4 Å². The van der Waals surface area contributed by atoms with Crippen molar-refractivity contribution in [2.75, 3.05) is 0 Å². The number of ether oxygens (including phenoxy) is 2. The molecule has 0 atom stereocenters. The van der Waals surface area contributed by atoms with Crippen molar-refractivity contribution in [1.82, 2.24) is 0 Å². The van der Waals surface area contributed by atoms with Crippen LogP contribution in [0.3, 0.4) is 0 Å². The van der Waals surface area contributed by atoms with Gasteiger partial charge in [0, 0.05) is 12.0 Å². The van der Waals surface area contributed by atoms with E-state index in [0.29, 0.717) is 22.6 Å². The van der Waals surface area contributed by atoms with Crippen LogP contribution in [0.2, 0.25) is 0 Å². The van der Waals surface area contributed by atoms with Gasteiger partial charge in [0.05, 0.1) is 0 Å². The first-order valence-electron chi connectivity index (χ1n) is 9.45. The second-order valence-corrected chi connectivity index (χ2v) is 6.22. The molecule has 2 rings (SSSR count). The van der Waals surface area contributed by atoms with E-state index in [9.17, 15) is 4.79 Å². The van der Waals surface area contributed by atoms with E-state index in [1.807, 2.05) is 43.3 Å². The van der Waals surface area contributed by atoms with Crippen molar-refractivity contribution in [2.45, 2.75) is 20.3 Å². The molecule has 0 unspecified atom stereocenters. The molecule has 0 N–H and O–H groups in total. The summed E-state index contributed by atoms with van der Waals surface area (Å²) in [4.78, 5) is 12.7. The van der Waals surface area contributed by atoms with Crippen LogP contribution < -0.4 is 9.47 Å². The summed E-state index contributed by atoms with van der Waals surface area (Å²) < 4.78 is 11.5. The highest BCUT2D eigenvalue weighted by molar-refractivity contribution is 6.08. The summed E-state index contributed by atoms with van der Waals surface area (Å²) in [5, 5.41) is 0. The molecule has 0 fully saturated rings. The van der Waals surface area contributed by atoms with Gasteiger partial charge in [0.25, 0.3) is 0 Å². The Morgan fingerprint density at radius 3 is 2.14 bits per heavy atom. The predicted octanol–water partition coefficient (Wildman–Crippen LogP) is 6.82. The third-order valence-corrected chi connectivity index (χ3v) is 4.05. The smallest absolute Gasteiger partial charge is 0.188 e. The third kappa shape index (κ3) is 6.82. The van der Waals surface area contributed by atoms with Crippen LogP contribution in [0.15, 0.2) is 115 Å². The number of ketones is 1. The molecule has 0 saturated heterocycles. The average molecular weight is 386 g/mol. The van der Waals surface area contributed by atoms with Crippen molar-refractivity contribution in [2.24, 2.45) is 0 Å². The van der Waals surface area contributed by atoms with Gasteiger partial charge in [-0.05, 0) is 67.1 Å². The van der Waals surface area contributed by atoms with Gasteiger partial charge in [0.15, 0.2) is 5.78 Å². The number of Topliss-reactive ketones (excluding diaryl/α,β-unsaturated/α-hetero) is 1. The fraction of sp³-hybridized carbons (Fsp3) is 0.115. The van der Waals surface area contributed by atoms with Crippen molar-refractivity contribution in [3.8, 4) is 11.5 Å². The van der Waals surface area contributed by atoms with E-state index in [4.69, 9.17) is 9.47 Å². The van der Waals surface area contributed by atoms with Crippen molar-refractivity contribution in [1.29, 1.82) is 0 Å². The lowest BCUT2D eigenvalue weighted by molar-refractivity contribution is 0.103. The third-order valence-electron chi connectivity index (χ3n) is 4.05. The van der Waals surface area contributed by atoms with Crippen LogP contribution in [0.4, 0.5) is 0 Å². The lowest BCUT2D eigenvalue weighted by atomic mass is 10.0. The van der Waals surface area contributed by atoms with Gasteiger partial charge in [-0.15, -0.1) is 0 Å². The van der Waals surface area contributed by atoms with Crippen LogP contribution in [-0.2, 0) is 0 Å². The van der Waals surface area contributed by atoms with Gasteiger partial charge < -0.3 is 9.47 Å². The molecular weight excluding hydrogens is 360 g/mol. The maximum absolute atomic E-state index is 12.7. The van der Waals surface area contributed by atoms with Crippen LogP contribution >= 0.6 is 0 Å². The number of hydrogen-bond acceptors (Lipinski definition) is 3. The Morgan fingerprint density at radius 2 is 1.55 bits per heavy atom. The van der Waals surface area contributed by atoms with Crippen LogP contribution in [0, 0.1) is 0 Å². The number of benzene rings is 2. The predicted molar refractivity (Wildman–Crippen MR) is 119 cm³/mol. The fourth-order valence-electron chi connectivity index (χ4n) is 2.46. The second-order valence-electron chi connectivity index (χ2n) is 6.22. The first kappa shape index (κ1) is 21.7. The zero-order valence-electron chi connectivity index (χ0n) is 16.9. The van der Waals surface area contributed by atoms with Crippen LogP contribution in [-0.4, -0.2) is 5.78 Å². The first-order valence-corrected chi connectivity index (χ1v) is 9.45. The van der Waals surface area contributed by atoms with E-state index < -0.39 is 0 Å². The zero-order chi connectivity index (χ0) is 21.1. The summed E-state index contributed by atoms with van der Waals surface area (Å²) in [6.45, 7) is 11.1. The number of hydrogen-bond donors (Lipinski definition) is 0. The topological polar surface area (TPSA) is 35.5 Å². The normalized spacial score (nSPS) is 12.3. The highest BCUT2D eigenvalue weighted by atomic mass is 16.5. The number of carbonyl (C=O) groups excluding carboxylic acids is 1. The highest BCUT2D eigenvalue weighted by Crippen LogP contribution is 2.19. The van der Waals surface area contributed by atoms with Gasteiger partial charge in [0.2, 0.25) is 0 Å². The monoisotopic (exact) mass is 386 g/mol. The van der Waals surface area contributed by atoms with E-state index in [-0.39, 0.29) is 5.78 Å². The molecule has 0 spiro atoms. The standard InChI is InChI=1S/C26H26O3/c1-5-11-22(6-2)28-25-18-15-21(16-19-25)26(27)20(4)14-17-23(7-3)29-24-12-9-8-10-13-24/h5-6,8-19H,1-2,7H2,3-4H3/b20-14+,22-11+,23-17+. The molecule has 3 nitrogen and oxygen atoms in total. The molecule has 0 radical (unpaired) electrons. The van der Waals surface area contributed by atoms with E-state index in [0.717, 1.165) is 17.9 Å². The van der Waals surface area contributed by atoms with Crippen molar-refractivity contribution < 1.29 is 14.3 Å². The van der Waals surface area contributed by atoms with Crippen molar-refractivity contribution in [3.63, 3.8) is 0 Å². The lowest BCUT2D eigenvalue weighted by Gasteiger charge is -2.08. The highest BCUT2D eigenvalue weighted by Gasteiger charge is 2.08. The Labute approximate surface area is 173 Å². The Kier molecular flexibility index (Phi) is 8.46. The summed E-state index contributed by atoms with van der Waals surface area (Å²) in [6, 6.07) is 16.6. The molecule has 3 heteroatoms. The Bertz CT molecular complexity index is 930. The Balaban J connectivity index is 2.08. The molecule has 0 saturated carbocycles. The largest absolute Gasteiger partial charge is 0.462 e. The van der Waals surface area contributed by atoms with Gasteiger partial charge in [-0.25, -0.2) is 0 Å². The number of allylic oxidation sites excluding steroid dienone is 7. The van der Waals surface area contributed by atoms with E-state index in [1.165, 1.54) is 0 Å². The van der Waals surface area contributed by atoms with Crippen molar-refractivity contribution >= 4 is 5.78 Å². The van der Waals surface area contributed by atoms with E-state index in [1.54, 1.807) is 55.5 Å². The summed E-state index contributed by atoms with van der Waals surface area (Å²) in [7, 11) is 0. The number of para-hydroxylation sites is 1. The summed E-state index contributed by atoms with van der Waals surface area (Å²) in [6.07, 6.45) is 9.30. The van der Waals surface area contributed by atoms with Crippen molar-refractivity contribution in [3.05, 3.63) is 121 Å². The number of rotatable bonds is 10. The minimum Gasteiger partial charge on any atom is -0.462 e. The molecule has 0 aromatic heterocycles. The van der Waals surface area contributed by atoms with Crippen LogP contribution in [0.25, 0.3) is 0 Å². The zero-order valence-corrected chi connectivity index (χ0v) is 16.9. The van der Waals surface area contributed by atoms with Gasteiger partial charge in [0.1, 0.15) is 23.0 Å². The summed E-state index contributed by atoms with van der Waals surface area (Å²) in [5.74, 6) is 2.73. The van der Waals surface area contributed by atoms with Crippen LogP contribution in [0.1, 0.15) is 30.6 Å². The minimum atomic E-state index is -0.0476. The molecule has 0 heterocycles. The molecule has 2 aromatic carbocycles. The Morgan fingerprint density at radius 1 is 0.897 bits per heavy atom. The average Bonchev–Trinajstić information content (AvgIpc) is 2.76. The number of carbonyl (C=O) groups is 1. The maximum Gasteiger partial charge on any atom is 0.188 e. The quantitative estimate of drug-likeness (QED) is 0.194. The lowest BCUT2D eigenvalue weighted by Crippen LogP contribution is -2.01. The molecule has 2 aromatic rings. The van der Waals surface area contributed by atoms with E-state index >= 15 is 0 Å². The molecule has 0 bridgehead atoms. The summed E-state index contributed by atoms with van der Waals surface area (Å²) in [5.41, 5.74) is 1.22. The molecule has 0 aliphatic heterocycles. The van der Waals surface area contributed by atoms with E-state index in [2.05, 4.69) is 13.2 Å². The maximum atomic E-state index is 12.7. The second kappa shape index (κ2) is 11.3.